The van der Waals surface area contributed by atoms with E-state index in [2.05, 4.69) is 12.2 Å². The van der Waals surface area contributed by atoms with Gasteiger partial charge in [-0.2, -0.15) is 0 Å². The molecule has 0 saturated heterocycles. The molecule has 0 spiro atoms. The molecule has 0 bridgehead atoms. The molecule has 1 N–H and O–H groups in total. The zero-order chi connectivity index (χ0) is 10.6. The van der Waals surface area contributed by atoms with E-state index in [0.717, 1.165) is 45.8 Å². The minimum Gasteiger partial charge on any atom is -0.382 e. The monoisotopic (exact) mass is 203 g/mol. The van der Waals surface area contributed by atoms with Crippen LogP contribution in [0.2, 0.25) is 0 Å². The maximum absolute atomic E-state index is 5.41. The van der Waals surface area contributed by atoms with Crippen LogP contribution in [0, 0.1) is 0 Å². The van der Waals surface area contributed by atoms with E-state index in [1.807, 2.05) is 13.8 Å². The van der Waals surface area contributed by atoms with E-state index < -0.39 is 0 Å². The van der Waals surface area contributed by atoms with E-state index in [1.165, 1.54) is 0 Å². The van der Waals surface area contributed by atoms with Crippen molar-refractivity contribution in [3.8, 4) is 0 Å². The van der Waals surface area contributed by atoms with Crippen LogP contribution in [0.1, 0.15) is 33.6 Å². The molecule has 0 heterocycles. The Morgan fingerprint density at radius 1 is 1.07 bits per heavy atom. The van der Waals surface area contributed by atoms with Crippen LogP contribution in [0.25, 0.3) is 0 Å². The summed E-state index contributed by atoms with van der Waals surface area (Å²) in [5.41, 5.74) is 0. The van der Waals surface area contributed by atoms with E-state index in [1.54, 1.807) is 0 Å². The minimum atomic E-state index is 0.446. The molecule has 86 valence electrons. The number of hydrogen-bond donors (Lipinski definition) is 1. The van der Waals surface area contributed by atoms with Gasteiger partial charge in [0.1, 0.15) is 0 Å². The van der Waals surface area contributed by atoms with Gasteiger partial charge >= 0.3 is 0 Å². The van der Waals surface area contributed by atoms with Gasteiger partial charge in [0.05, 0.1) is 6.61 Å². The fraction of sp³-hybridized carbons (Fsp3) is 1.00. The number of hydrogen-bond acceptors (Lipinski definition) is 3. The molecule has 0 amide bonds. The molecular weight excluding hydrogens is 178 g/mol. The van der Waals surface area contributed by atoms with Crippen molar-refractivity contribution >= 4 is 0 Å². The SMILES string of the molecule is CCCNC(CCOCC)COCC. The van der Waals surface area contributed by atoms with Gasteiger partial charge in [-0.15, -0.1) is 0 Å². The lowest BCUT2D eigenvalue weighted by Crippen LogP contribution is -2.35. The van der Waals surface area contributed by atoms with Gasteiger partial charge in [-0.05, 0) is 33.2 Å². The van der Waals surface area contributed by atoms with Crippen molar-refractivity contribution in [3.63, 3.8) is 0 Å². The summed E-state index contributed by atoms with van der Waals surface area (Å²) in [6.07, 6.45) is 2.20. The van der Waals surface area contributed by atoms with E-state index in [4.69, 9.17) is 9.47 Å². The fourth-order valence-electron chi connectivity index (χ4n) is 1.22. The van der Waals surface area contributed by atoms with Crippen molar-refractivity contribution in [2.24, 2.45) is 0 Å². The Balaban J connectivity index is 3.49. The molecule has 3 nitrogen and oxygen atoms in total. The average Bonchev–Trinajstić information content (AvgIpc) is 2.21. The third-order valence-electron chi connectivity index (χ3n) is 2.02. The smallest absolute Gasteiger partial charge is 0.0620 e. The van der Waals surface area contributed by atoms with Crippen LogP contribution in [0.15, 0.2) is 0 Å². The molecule has 0 aromatic heterocycles. The van der Waals surface area contributed by atoms with Gasteiger partial charge in [-0.25, -0.2) is 0 Å². The molecule has 1 atom stereocenters. The summed E-state index contributed by atoms with van der Waals surface area (Å²) >= 11 is 0. The van der Waals surface area contributed by atoms with Crippen molar-refractivity contribution in [1.82, 2.24) is 5.32 Å². The molecular formula is C11H25NO2. The fourth-order valence-corrected chi connectivity index (χ4v) is 1.22. The standard InChI is InChI=1S/C11H25NO2/c1-4-8-12-11(10-14-6-3)7-9-13-5-2/h11-12H,4-10H2,1-3H3. The van der Waals surface area contributed by atoms with Crippen LogP contribution in [0.3, 0.4) is 0 Å². The lowest BCUT2D eigenvalue weighted by molar-refractivity contribution is 0.0927. The largest absolute Gasteiger partial charge is 0.382 e. The predicted octanol–water partition coefficient (Wildman–Crippen LogP) is 1.82. The van der Waals surface area contributed by atoms with Crippen LogP contribution in [-0.2, 0) is 9.47 Å². The number of rotatable bonds is 10. The molecule has 1 unspecified atom stereocenters. The normalized spacial score (nSPS) is 13.1. The number of ether oxygens (including phenoxy) is 2. The molecule has 0 aliphatic carbocycles. The average molecular weight is 203 g/mol. The van der Waals surface area contributed by atoms with Gasteiger partial charge in [-0.1, -0.05) is 6.92 Å². The van der Waals surface area contributed by atoms with Gasteiger partial charge in [-0.3, -0.25) is 0 Å². The van der Waals surface area contributed by atoms with Gasteiger partial charge in [0.25, 0.3) is 0 Å². The van der Waals surface area contributed by atoms with Crippen LogP contribution in [0.5, 0.6) is 0 Å². The van der Waals surface area contributed by atoms with Gasteiger partial charge in [0.2, 0.25) is 0 Å². The second kappa shape index (κ2) is 11.0. The molecule has 3 heteroatoms. The highest BCUT2D eigenvalue weighted by Gasteiger charge is 2.06. The van der Waals surface area contributed by atoms with Crippen LogP contribution < -0.4 is 5.32 Å². The van der Waals surface area contributed by atoms with Crippen LogP contribution in [0.4, 0.5) is 0 Å². The Morgan fingerprint density at radius 3 is 2.36 bits per heavy atom. The van der Waals surface area contributed by atoms with Gasteiger partial charge in [0.15, 0.2) is 0 Å². The van der Waals surface area contributed by atoms with E-state index >= 15 is 0 Å². The summed E-state index contributed by atoms with van der Waals surface area (Å²) in [4.78, 5) is 0. The van der Waals surface area contributed by atoms with Gasteiger partial charge in [0, 0.05) is 25.9 Å². The lowest BCUT2D eigenvalue weighted by atomic mass is 10.2. The summed E-state index contributed by atoms with van der Waals surface area (Å²) in [6, 6.07) is 0.446. The first kappa shape index (κ1) is 13.9. The quantitative estimate of drug-likeness (QED) is 0.549. The van der Waals surface area contributed by atoms with Crippen molar-refractivity contribution in [2.45, 2.75) is 39.7 Å². The molecule has 0 fully saturated rings. The lowest BCUT2D eigenvalue weighted by Gasteiger charge is -2.17. The summed E-state index contributed by atoms with van der Waals surface area (Å²) in [7, 11) is 0. The molecule has 14 heavy (non-hydrogen) atoms. The summed E-state index contributed by atoms with van der Waals surface area (Å²) in [5.74, 6) is 0. The van der Waals surface area contributed by atoms with Gasteiger partial charge < -0.3 is 14.8 Å². The minimum absolute atomic E-state index is 0.446. The first-order valence-corrected chi connectivity index (χ1v) is 5.73. The Hall–Kier alpha value is -0.120. The molecule has 0 aromatic rings. The molecule has 0 aromatic carbocycles. The van der Waals surface area contributed by atoms with Crippen LogP contribution >= 0.6 is 0 Å². The van der Waals surface area contributed by atoms with E-state index in [-0.39, 0.29) is 0 Å². The Bertz CT molecular complexity index is 101. The highest BCUT2D eigenvalue weighted by atomic mass is 16.5. The third-order valence-corrected chi connectivity index (χ3v) is 2.02. The molecule has 0 rings (SSSR count). The zero-order valence-electron chi connectivity index (χ0n) is 9.84. The van der Waals surface area contributed by atoms with E-state index in [0.29, 0.717) is 6.04 Å². The zero-order valence-corrected chi connectivity index (χ0v) is 9.84. The second-order valence-electron chi connectivity index (χ2n) is 3.30. The maximum Gasteiger partial charge on any atom is 0.0620 e. The molecule has 0 saturated carbocycles. The highest BCUT2D eigenvalue weighted by molar-refractivity contribution is 4.65. The van der Waals surface area contributed by atoms with Crippen molar-refractivity contribution in [1.29, 1.82) is 0 Å². The maximum atomic E-state index is 5.41. The predicted molar refractivity (Wildman–Crippen MR) is 59.7 cm³/mol. The molecule has 0 radical (unpaired) electrons. The van der Waals surface area contributed by atoms with Crippen molar-refractivity contribution < 1.29 is 9.47 Å². The Labute approximate surface area is 88.2 Å². The van der Waals surface area contributed by atoms with Crippen molar-refractivity contribution in [2.75, 3.05) is 33.0 Å². The Morgan fingerprint density at radius 2 is 1.79 bits per heavy atom. The molecule has 0 aliphatic rings. The first-order valence-electron chi connectivity index (χ1n) is 5.73. The number of nitrogens with one attached hydrogen (secondary N) is 1. The Kier molecular flexibility index (Phi) is 10.9. The summed E-state index contributed by atoms with van der Waals surface area (Å²) in [5, 5.41) is 3.46. The van der Waals surface area contributed by atoms with Crippen LogP contribution in [-0.4, -0.2) is 39.0 Å². The first-order chi connectivity index (χ1) is 6.85. The summed E-state index contributed by atoms with van der Waals surface area (Å²) in [6.45, 7) is 10.5. The topological polar surface area (TPSA) is 30.5 Å². The molecule has 0 aliphatic heterocycles. The van der Waals surface area contributed by atoms with Crippen molar-refractivity contribution in [3.05, 3.63) is 0 Å². The summed E-state index contributed by atoms with van der Waals surface area (Å²) < 4.78 is 10.7. The third kappa shape index (κ3) is 8.48. The van der Waals surface area contributed by atoms with E-state index in [9.17, 15) is 0 Å². The second-order valence-corrected chi connectivity index (χ2v) is 3.30. The highest BCUT2D eigenvalue weighted by Crippen LogP contribution is 1.95.